The van der Waals surface area contributed by atoms with Gasteiger partial charge >= 0.3 is 0 Å². The molecule has 0 unspecified atom stereocenters. The molecule has 0 aromatic carbocycles. The van der Waals surface area contributed by atoms with Crippen LogP contribution in [0.1, 0.15) is 5.76 Å². The third-order valence-electron chi connectivity index (χ3n) is 4.10. The van der Waals surface area contributed by atoms with Crippen molar-refractivity contribution in [2.45, 2.75) is 6.54 Å². The van der Waals surface area contributed by atoms with Crippen molar-refractivity contribution in [1.29, 1.82) is 0 Å². The maximum Gasteiger partial charge on any atom is 0.163 e. The first kappa shape index (κ1) is 13.3. The van der Waals surface area contributed by atoms with E-state index in [0.717, 1.165) is 48.8 Å². The van der Waals surface area contributed by atoms with Crippen LogP contribution >= 0.6 is 0 Å². The van der Waals surface area contributed by atoms with Crippen LogP contribution in [0.25, 0.3) is 11.0 Å². The summed E-state index contributed by atoms with van der Waals surface area (Å²) in [5, 5.41) is 5.46. The molecule has 3 aromatic heterocycles. The lowest BCUT2D eigenvalue weighted by molar-refractivity contribution is 0.312. The molecule has 3 aromatic rings. The molecular weight excluding hydrogens is 280 g/mol. The van der Waals surface area contributed by atoms with Gasteiger partial charge in [-0.1, -0.05) is 0 Å². The summed E-state index contributed by atoms with van der Waals surface area (Å²) in [5.74, 6) is 1.84. The van der Waals surface area contributed by atoms with Crippen LogP contribution in [0.3, 0.4) is 0 Å². The quantitative estimate of drug-likeness (QED) is 0.724. The smallest absolute Gasteiger partial charge is 0.163 e. The van der Waals surface area contributed by atoms with Crippen molar-refractivity contribution in [2.75, 3.05) is 38.1 Å². The van der Waals surface area contributed by atoms with E-state index in [-0.39, 0.29) is 0 Å². The van der Waals surface area contributed by atoms with Gasteiger partial charge in [0.1, 0.15) is 24.5 Å². The van der Waals surface area contributed by atoms with Crippen molar-refractivity contribution in [2.24, 2.45) is 0 Å². The molecular formula is C15H18N6O. The van der Waals surface area contributed by atoms with E-state index < -0.39 is 0 Å². The summed E-state index contributed by atoms with van der Waals surface area (Å²) in [4.78, 5) is 13.5. The number of furan rings is 1. The summed E-state index contributed by atoms with van der Waals surface area (Å²) in [5.41, 5.74) is 0.848. The second kappa shape index (κ2) is 5.42. The van der Waals surface area contributed by atoms with Gasteiger partial charge < -0.3 is 14.2 Å². The first-order valence-corrected chi connectivity index (χ1v) is 7.43. The predicted molar refractivity (Wildman–Crippen MR) is 82.8 cm³/mol. The number of nitrogens with zero attached hydrogens (tertiary/aromatic N) is 6. The predicted octanol–water partition coefficient (Wildman–Crippen LogP) is 1.22. The van der Waals surface area contributed by atoms with Gasteiger partial charge in [-0.05, 0) is 19.2 Å². The molecule has 0 bridgehead atoms. The fraction of sp³-hybridized carbons (Fsp3) is 0.400. The van der Waals surface area contributed by atoms with E-state index in [1.54, 1.807) is 12.6 Å². The lowest BCUT2D eigenvalue weighted by Crippen LogP contribution is -2.44. The first-order valence-electron chi connectivity index (χ1n) is 7.43. The Kier molecular flexibility index (Phi) is 3.27. The second-order valence-electron chi connectivity index (χ2n) is 5.61. The van der Waals surface area contributed by atoms with Crippen LogP contribution in [0.5, 0.6) is 0 Å². The van der Waals surface area contributed by atoms with Gasteiger partial charge in [0.05, 0.1) is 17.8 Å². The standard InChI is InChI=1S/C15H18N6O/c1-19-4-6-20(7-5-19)14-13-9-18-21(15(13)17-11-16-14)10-12-3-2-8-22-12/h2-3,8-9,11H,4-7,10H2,1H3. The molecule has 7 nitrogen and oxygen atoms in total. The zero-order valence-corrected chi connectivity index (χ0v) is 12.5. The molecule has 0 N–H and O–H groups in total. The molecule has 114 valence electrons. The van der Waals surface area contributed by atoms with Gasteiger partial charge in [-0.15, -0.1) is 0 Å². The summed E-state index contributed by atoms with van der Waals surface area (Å²) in [7, 11) is 2.15. The lowest BCUT2D eigenvalue weighted by Gasteiger charge is -2.33. The van der Waals surface area contributed by atoms with E-state index in [4.69, 9.17) is 4.42 Å². The molecule has 4 rings (SSSR count). The van der Waals surface area contributed by atoms with Crippen LogP contribution < -0.4 is 4.90 Å². The Bertz CT molecular complexity index is 758. The largest absolute Gasteiger partial charge is 0.467 e. The van der Waals surface area contributed by atoms with Crippen molar-refractivity contribution in [3.05, 3.63) is 36.7 Å². The third-order valence-corrected chi connectivity index (χ3v) is 4.10. The van der Waals surface area contributed by atoms with Crippen molar-refractivity contribution in [1.82, 2.24) is 24.6 Å². The number of fused-ring (bicyclic) bond motifs is 1. The lowest BCUT2D eigenvalue weighted by atomic mass is 10.3. The minimum Gasteiger partial charge on any atom is -0.467 e. The van der Waals surface area contributed by atoms with Crippen molar-refractivity contribution in [3.63, 3.8) is 0 Å². The Morgan fingerprint density at radius 2 is 2.05 bits per heavy atom. The Balaban J connectivity index is 1.67. The number of likely N-dealkylation sites (N-methyl/N-ethyl adjacent to an activating group) is 1. The van der Waals surface area contributed by atoms with Gasteiger partial charge in [0, 0.05) is 26.2 Å². The minimum absolute atomic E-state index is 0.579. The fourth-order valence-electron chi connectivity index (χ4n) is 2.82. The molecule has 1 saturated heterocycles. The number of aromatic nitrogens is 4. The normalized spacial score (nSPS) is 16.5. The molecule has 4 heterocycles. The van der Waals surface area contributed by atoms with E-state index in [1.807, 2.05) is 23.0 Å². The molecule has 7 heteroatoms. The molecule has 0 aliphatic carbocycles. The molecule has 0 spiro atoms. The number of piperazine rings is 1. The Hall–Kier alpha value is -2.41. The first-order chi connectivity index (χ1) is 10.8. The van der Waals surface area contributed by atoms with E-state index in [9.17, 15) is 0 Å². The van der Waals surface area contributed by atoms with Crippen LogP contribution in [0, 0.1) is 0 Å². The van der Waals surface area contributed by atoms with E-state index >= 15 is 0 Å². The molecule has 22 heavy (non-hydrogen) atoms. The van der Waals surface area contributed by atoms with E-state index in [2.05, 4.69) is 31.9 Å². The van der Waals surface area contributed by atoms with Crippen LogP contribution in [-0.4, -0.2) is 57.9 Å². The van der Waals surface area contributed by atoms with Crippen LogP contribution in [0.4, 0.5) is 5.82 Å². The topological polar surface area (TPSA) is 63.2 Å². The average molecular weight is 298 g/mol. The highest BCUT2D eigenvalue weighted by molar-refractivity contribution is 5.86. The Morgan fingerprint density at radius 3 is 2.82 bits per heavy atom. The molecule has 0 atom stereocenters. The molecule has 0 radical (unpaired) electrons. The molecule has 1 fully saturated rings. The zero-order valence-electron chi connectivity index (χ0n) is 12.5. The average Bonchev–Trinajstić information content (AvgIpc) is 3.19. The second-order valence-corrected chi connectivity index (χ2v) is 5.61. The number of anilines is 1. The van der Waals surface area contributed by atoms with Gasteiger partial charge in [0.15, 0.2) is 5.65 Å². The summed E-state index contributed by atoms with van der Waals surface area (Å²) in [6.45, 7) is 4.63. The maximum absolute atomic E-state index is 5.39. The van der Waals surface area contributed by atoms with E-state index in [0.29, 0.717) is 6.54 Å². The van der Waals surface area contributed by atoms with Gasteiger partial charge in [0.25, 0.3) is 0 Å². The Morgan fingerprint density at radius 1 is 1.18 bits per heavy atom. The van der Waals surface area contributed by atoms with Gasteiger partial charge in [0.2, 0.25) is 0 Å². The number of hydrogen-bond acceptors (Lipinski definition) is 6. The van der Waals surface area contributed by atoms with Crippen LogP contribution in [-0.2, 0) is 6.54 Å². The van der Waals surface area contributed by atoms with Crippen LogP contribution in [0.15, 0.2) is 35.3 Å². The summed E-state index contributed by atoms with van der Waals surface area (Å²) in [6.07, 6.45) is 5.15. The molecule has 1 aliphatic rings. The fourth-order valence-corrected chi connectivity index (χ4v) is 2.82. The molecule has 1 aliphatic heterocycles. The van der Waals surface area contributed by atoms with Crippen molar-refractivity contribution < 1.29 is 4.42 Å². The number of hydrogen-bond donors (Lipinski definition) is 0. The highest BCUT2D eigenvalue weighted by Gasteiger charge is 2.19. The summed E-state index contributed by atoms with van der Waals surface area (Å²) < 4.78 is 7.25. The highest BCUT2D eigenvalue weighted by atomic mass is 16.3. The monoisotopic (exact) mass is 298 g/mol. The SMILES string of the molecule is CN1CCN(c2ncnc3c2cnn3Cc2ccco2)CC1. The van der Waals surface area contributed by atoms with Crippen molar-refractivity contribution >= 4 is 16.9 Å². The highest BCUT2D eigenvalue weighted by Crippen LogP contribution is 2.24. The van der Waals surface area contributed by atoms with Gasteiger partial charge in [-0.3, -0.25) is 0 Å². The number of rotatable bonds is 3. The molecule has 0 amide bonds. The third kappa shape index (κ3) is 2.33. The maximum atomic E-state index is 5.39. The van der Waals surface area contributed by atoms with Gasteiger partial charge in [-0.25, -0.2) is 14.6 Å². The van der Waals surface area contributed by atoms with Crippen LogP contribution in [0.2, 0.25) is 0 Å². The van der Waals surface area contributed by atoms with Crippen molar-refractivity contribution in [3.8, 4) is 0 Å². The molecule has 0 saturated carbocycles. The minimum atomic E-state index is 0.579. The summed E-state index contributed by atoms with van der Waals surface area (Å²) in [6, 6.07) is 3.82. The Labute approximate surface area is 128 Å². The zero-order chi connectivity index (χ0) is 14.9. The summed E-state index contributed by atoms with van der Waals surface area (Å²) >= 11 is 0. The van der Waals surface area contributed by atoms with E-state index in [1.165, 1.54) is 0 Å². The van der Waals surface area contributed by atoms with Gasteiger partial charge in [-0.2, -0.15) is 5.10 Å².